The molecule has 1 unspecified atom stereocenters. The Morgan fingerprint density at radius 2 is 2.07 bits per heavy atom. The van der Waals surface area contributed by atoms with Gasteiger partial charge in [-0.15, -0.1) is 0 Å². The lowest BCUT2D eigenvalue weighted by Crippen LogP contribution is -2.21. The van der Waals surface area contributed by atoms with E-state index in [-0.39, 0.29) is 6.04 Å². The second kappa shape index (κ2) is 4.00. The monoisotopic (exact) mass is 196 g/mol. The number of nitrogens with zero attached hydrogens (tertiary/aromatic N) is 3. The largest absolute Gasteiger partial charge is 0.363 e. The van der Waals surface area contributed by atoms with Crippen molar-refractivity contribution in [1.82, 2.24) is 9.78 Å². The molecule has 1 aromatic heterocycles. The maximum Gasteiger partial charge on any atom is 0.129 e. The summed E-state index contributed by atoms with van der Waals surface area (Å²) >= 11 is 0. The van der Waals surface area contributed by atoms with Gasteiger partial charge in [0.25, 0.3) is 0 Å². The Labute approximate surface area is 85.7 Å². The summed E-state index contributed by atoms with van der Waals surface area (Å²) in [5, 5.41) is 4.40. The smallest absolute Gasteiger partial charge is 0.129 e. The zero-order chi connectivity index (χ0) is 10.9. The van der Waals surface area contributed by atoms with Crippen LogP contribution in [0.2, 0.25) is 0 Å². The van der Waals surface area contributed by atoms with Crippen LogP contribution in [0.15, 0.2) is 0 Å². The molecule has 1 heterocycles. The van der Waals surface area contributed by atoms with Crippen molar-refractivity contribution in [2.24, 2.45) is 12.8 Å². The molecule has 0 bridgehead atoms. The molecule has 0 aliphatic rings. The highest BCUT2D eigenvalue weighted by atomic mass is 15.3. The van der Waals surface area contributed by atoms with Crippen LogP contribution in [-0.4, -0.2) is 29.9 Å². The number of anilines is 1. The van der Waals surface area contributed by atoms with Crippen molar-refractivity contribution in [2.45, 2.75) is 26.3 Å². The fraction of sp³-hybridized carbons (Fsp3) is 0.700. The molecule has 4 nitrogen and oxygen atoms in total. The zero-order valence-corrected chi connectivity index (χ0v) is 9.70. The van der Waals surface area contributed by atoms with Crippen LogP contribution in [0.1, 0.15) is 18.2 Å². The molecule has 14 heavy (non-hydrogen) atoms. The summed E-state index contributed by atoms with van der Waals surface area (Å²) in [6.45, 7) is 4.05. The van der Waals surface area contributed by atoms with E-state index in [1.807, 2.05) is 39.7 Å². The third-order valence-electron chi connectivity index (χ3n) is 2.26. The van der Waals surface area contributed by atoms with Gasteiger partial charge >= 0.3 is 0 Å². The predicted octanol–water partition coefficient (Wildman–Crippen LogP) is 0.684. The minimum atomic E-state index is 0.177. The highest BCUT2D eigenvalue weighted by molar-refractivity contribution is 5.49. The van der Waals surface area contributed by atoms with E-state index in [1.165, 1.54) is 5.56 Å². The highest BCUT2D eigenvalue weighted by Gasteiger charge is 2.15. The Morgan fingerprint density at radius 3 is 2.50 bits per heavy atom. The Bertz CT molecular complexity index is 312. The topological polar surface area (TPSA) is 47.1 Å². The van der Waals surface area contributed by atoms with Gasteiger partial charge in [-0.1, -0.05) is 0 Å². The molecule has 1 aromatic rings. The molecule has 1 rings (SSSR count). The van der Waals surface area contributed by atoms with Crippen molar-refractivity contribution in [3.05, 3.63) is 11.3 Å². The molecule has 0 aromatic carbocycles. The van der Waals surface area contributed by atoms with Crippen molar-refractivity contribution in [3.8, 4) is 0 Å². The SMILES string of the molecule is Cc1nn(C)c(N(C)C)c1CC(C)N. The molecule has 0 fully saturated rings. The zero-order valence-electron chi connectivity index (χ0n) is 9.70. The minimum Gasteiger partial charge on any atom is -0.363 e. The normalized spacial score (nSPS) is 13.0. The number of hydrogen-bond acceptors (Lipinski definition) is 3. The molecule has 2 N–H and O–H groups in total. The fourth-order valence-corrected chi connectivity index (χ4v) is 1.81. The third-order valence-corrected chi connectivity index (χ3v) is 2.26. The molecule has 0 spiro atoms. The summed E-state index contributed by atoms with van der Waals surface area (Å²) < 4.78 is 1.91. The van der Waals surface area contributed by atoms with Gasteiger partial charge in [0.1, 0.15) is 5.82 Å². The first-order chi connectivity index (χ1) is 6.43. The Kier molecular flexibility index (Phi) is 3.16. The number of aryl methyl sites for hydroxylation is 2. The molecule has 0 aliphatic carbocycles. The number of rotatable bonds is 3. The molecule has 1 atom stereocenters. The molecule has 4 heteroatoms. The summed E-state index contributed by atoms with van der Waals surface area (Å²) in [6, 6.07) is 0.177. The van der Waals surface area contributed by atoms with Gasteiger partial charge in [-0.2, -0.15) is 5.10 Å². The predicted molar refractivity (Wildman–Crippen MR) is 59.6 cm³/mol. The molecular weight excluding hydrogens is 176 g/mol. The molecule has 0 saturated carbocycles. The van der Waals surface area contributed by atoms with Gasteiger partial charge in [0.15, 0.2) is 0 Å². The number of aromatic nitrogens is 2. The molecule has 0 radical (unpaired) electrons. The first-order valence-corrected chi connectivity index (χ1v) is 4.88. The van der Waals surface area contributed by atoms with Gasteiger partial charge in [-0.05, 0) is 20.3 Å². The Hall–Kier alpha value is -1.03. The van der Waals surface area contributed by atoms with E-state index in [0.717, 1.165) is 17.9 Å². The second-order valence-corrected chi connectivity index (χ2v) is 4.09. The maximum atomic E-state index is 5.82. The van der Waals surface area contributed by atoms with Crippen LogP contribution in [0.4, 0.5) is 5.82 Å². The quantitative estimate of drug-likeness (QED) is 0.773. The molecule has 0 aliphatic heterocycles. The van der Waals surface area contributed by atoms with E-state index < -0.39 is 0 Å². The van der Waals surface area contributed by atoms with Gasteiger partial charge in [0, 0.05) is 32.7 Å². The highest BCUT2D eigenvalue weighted by Crippen LogP contribution is 2.22. The summed E-state index contributed by atoms with van der Waals surface area (Å²) in [5.74, 6) is 1.15. The van der Waals surface area contributed by atoms with Crippen LogP contribution in [0, 0.1) is 6.92 Å². The Morgan fingerprint density at radius 1 is 1.50 bits per heavy atom. The lowest BCUT2D eigenvalue weighted by molar-refractivity contribution is 0.728. The fourth-order valence-electron chi connectivity index (χ4n) is 1.81. The minimum absolute atomic E-state index is 0.177. The standard InChI is InChI=1S/C10H20N4/c1-7(11)6-9-8(2)12-14(5)10(9)13(3)4/h7H,6,11H2,1-5H3. The van der Waals surface area contributed by atoms with Crippen LogP contribution in [0.3, 0.4) is 0 Å². The van der Waals surface area contributed by atoms with Crippen LogP contribution < -0.4 is 10.6 Å². The Balaban J connectivity index is 3.11. The van der Waals surface area contributed by atoms with Crippen LogP contribution in [0.25, 0.3) is 0 Å². The van der Waals surface area contributed by atoms with Crippen LogP contribution in [0.5, 0.6) is 0 Å². The van der Waals surface area contributed by atoms with E-state index in [4.69, 9.17) is 5.73 Å². The van der Waals surface area contributed by atoms with E-state index in [2.05, 4.69) is 10.00 Å². The van der Waals surface area contributed by atoms with Crippen LogP contribution >= 0.6 is 0 Å². The average molecular weight is 196 g/mol. The van der Waals surface area contributed by atoms with Crippen molar-refractivity contribution in [1.29, 1.82) is 0 Å². The lowest BCUT2D eigenvalue weighted by atomic mass is 10.1. The molecule has 80 valence electrons. The molecule has 0 amide bonds. The summed E-state index contributed by atoms with van der Waals surface area (Å²) in [5.41, 5.74) is 8.15. The second-order valence-electron chi connectivity index (χ2n) is 4.09. The van der Waals surface area contributed by atoms with Crippen LogP contribution in [-0.2, 0) is 13.5 Å². The summed E-state index contributed by atoms with van der Waals surface area (Å²) in [4.78, 5) is 2.08. The van der Waals surface area contributed by atoms with Gasteiger partial charge in [0.2, 0.25) is 0 Å². The number of nitrogens with two attached hydrogens (primary N) is 1. The molecular formula is C10H20N4. The molecule has 0 saturated heterocycles. The van der Waals surface area contributed by atoms with Crippen molar-refractivity contribution in [3.63, 3.8) is 0 Å². The van der Waals surface area contributed by atoms with E-state index in [1.54, 1.807) is 0 Å². The summed E-state index contributed by atoms with van der Waals surface area (Å²) in [7, 11) is 6.02. The first kappa shape index (κ1) is 11.0. The van der Waals surface area contributed by atoms with Crippen molar-refractivity contribution >= 4 is 5.82 Å². The van der Waals surface area contributed by atoms with Gasteiger partial charge in [-0.25, -0.2) is 0 Å². The first-order valence-electron chi connectivity index (χ1n) is 4.88. The number of hydrogen-bond donors (Lipinski definition) is 1. The van der Waals surface area contributed by atoms with Crippen molar-refractivity contribution < 1.29 is 0 Å². The third kappa shape index (κ3) is 2.07. The van der Waals surface area contributed by atoms with E-state index in [9.17, 15) is 0 Å². The van der Waals surface area contributed by atoms with E-state index >= 15 is 0 Å². The lowest BCUT2D eigenvalue weighted by Gasteiger charge is -2.16. The van der Waals surface area contributed by atoms with Gasteiger partial charge < -0.3 is 10.6 Å². The van der Waals surface area contributed by atoms with Gasteiger partial charge in [-0.3, -0.25) is 4.68 Å². The van der Waals surface area contributed by atoms with E-state index in [0.29, 0.717) is 0 Å². The summed E-state index contributed by atoms with van der Waals surface area (Å²) in [6.07, 6.45) is 0.882. The van der Waals surface area contributed by atoms with Gasteiger partial charge in [0.05, 0.1) is 5.69 Å². The maximum absolute atomic E-state index is 5.82. The van der Waals surface area contributed by atoms with Crippen molar-refractivity contribution in [2.75, 3.05) is 19.0 Å². The average Bonchev–Trinajstić information content (AvgIpc) is 2.25.